The van der Waals surface area contributed by atoms with E-state index in [9.17, 15) is 28.8 Å². The molecule has 242 valence electrons. The van der Waals surface area contributed by atoms with Crippen molar-refractivity contribution in [1.82, 2.24) is 20.9 Å². The number of carbonyl (C=O) groups excluding carboxylic acids is 5. The largest absolute Gasteiger partial charge is 0.480 e. The lowest BCUT2D eigenvalue weighted by atomic mass is 9.72. The molecule has 0 radical (unpaired) electrons. The molecule has 43 heavy (non-hydrogen) atoms. The van der Waals surface area contributed by atoms with E-state index in [2.05, 4.69) is 16.0 Å². The van der Waals surface area contributed by atoms with Crippen LogP contribution < -0.4 is 16.0 Å². The molecule has 0 unspecified atom stereocenters. The van der Waals surface area contributed by atoms with Crippen molar-refractivity contribution in [1.29, 1.82) is 0 Å². The monoisotopic (exact) mass is 606 g/mol. The van der Waals surface area contributed by atoms with E-state index in [-0.39, 0.29) is 30.1 Å². The number of rotatable bonds is 11. The van der Waals surface area contributed by atoms with Gasteiger partial charge >= 0.3 is 12.1 Å². The first kappa shape index (κ1) is 34.3. The van der Waals surface area contributed by atoms with Gasteiger partial charge in [-0.15, -0.1) is 0 Å². The number of aliphatic carboxylic acids is 1. The van der Waals surface area contributed by atoms with E-state index in [1.807, 2.05) is 6.92 Å². The van der Waals surface area contributed by atoms with Crippen molar-refractivity contribution < 1.29 is 38.6 Å². The van der Waals surface area contributed by atoms with Gasteiger partial charge in [-0.05, 0) is 70.6 Å². The summed E-state index contributed by atoms with van der Waals surface area (Å²) in [5.74, 6) is -3.73. The van der Waals surface area contributed by atoms with Crippen LogP contribution in [-0.2, 0) is 28.7 Å². The number of alkyl carbamates (subject to hydrolysis) is 1. The van der Waals surface area contributed by atoms with Gasteiger partial charge in [0.15, 0.2) is 0 Å². The molecule has 1 aliphatic heterocycles. The molecule has 0 aromatic heterocycles. The standard InChI is InChI=1S/C31H50N4O8/c1-5-11-22(26(38)28(40)32-17-24(36)37)33-27(39)23-16-20-14-9-10-15-21(20)18-35(23)29(41)25(19-12-7-6-8-13-19)34-30(42)43-31(2,3)4/h19-23,25H,5-18H2,1-4H3,(H,32,40)(H,33,39)(H,34,42)(H,36,37)/t20-,21+,22+,23-,25-/m0/s1. The van der Waals surface area contributed by atoms with Crippen LogP contribution in [-0.4, -0.2) is 82.4 Å². The van der Waals surface area contributed by atoms with Gasteiger partial charge < -0.3 is 30.7 Å². The summed E-state index contributed by atoms with van der Waals surface area (Å²) in [5.41, 5.74) is -0.745. The van der Waals surface area contributed by atoms with Crippen molar-refractivity contribution in [3.05, 3.63) is 0 Å². The minimum absolute atomic E-state index is 0.0890. The fourth-order valence-electron chi connectivity index (χ4n) is 6.81. The summed E-state index contributed by atoms with van der Waals surface area (Å²) in [4.78, 5) is 78.9. The molecule has 0 bridgehead atoms. The highest BCUT2D eigenvalue weighted by atomic mass is 16.6. The predicted molar refractivity (Wildman–Crippen MR) is 158 cm³/mol. The minimum Gasteiger partial charge on any atom is -0.480 e. The second-order valence-electron chi connectivity index (χ2n) is 13.4. The highest BCUT2D eigenvalue weighted by molar-refractivity contribution is 6.38. The van der Waals surface area contributed by atoms with E-state index in [1.165, 1.54) is 0 Å². The number of amides is 4. The molecular formula is C31H50N4O8. The average molecular weight is 607 g/mol. The lowest BCUT2D eigenvalue weighted by Gasteiger charge is -2.47. The number of likely N-dealkylation sites (tertiary alicyclic amines) is 1. The number of carboxylic acids is 1. The predicted octanol–water partition coefficient (Wildman–Crippen LogP) is 2.92. The van der Waals surface area contributed by atoms with Crippen LogP contribution in [0.3, 0.4) is 0 Å². The Kier molecular flexibility index (Phi) is 12.4. The van der Waals surface area contributed by atoms with Gasteiger partial charge in [0, 0.05) is 6.54 Å². The SMILES string of the molecule is CCC[C@@H](NC(=O)[C@@H]1C[C@@H]2CCCC[C@@H]2CN1C(=O)[C@@H](NC(=O)OC(C)(C)C)C1CCCCC1)C(=O)C(=O)NCC(=O)O. The van der Waals surface area contributed by atoms with Crippen LogP contribution in [0.1, 0.15) is 105 Å². The number of ether oxygens (including phenoxy) is 1. The summed E-state index contributed by atoms with van der Waals surface area (Å²) in [6.45, 7) is 6.75. The summed E-state index contributed by atoms with van der Waals surface area (Å²) in [5, 5.41) is 16.5. The lowest BCUT2D eigenvalue weighted by Crippen LogP contribution is -2.63. The molecule has 3 rings (SSSR count). The van der Waals surface area contributed by atoms with Crippen LogP contribution in [0, 0.1) is 17.8 Å². The average Bonchev–Trinajstić information content (AvgIpc) is 2.96. The van der Waals surface area contributed by atoms with Gasteiger partial charge in [-0.25, -0.2) is 4.79 Å². The highest BCUT2D eigenvalue weighted by Crippen LogP contribution is 2.39. The summed E-state index contributed by atoms with van der Waals surface area (Å²) < 4.78 is 5.51. The Balaban J connectivity index is 1.86. The number of nitrogens with zero attached hydrogens (tertiary/aromatic N) is 1. The van der Waals surface area contributed by atoms with Crippen LogP contribution in [0.25, 0.3) is 0 Å². The second-order valence-corrected chi connectivity index (χ2v) is 13.4. The van der Waals surface area contributed by atoms with E-state index >= 15 is 0 Å². The molecule has 0 aromatic rings. The highest BCUT2D eigenvalue weighted by Gasteiger charge is 2.46. The molecule has 4 N–H and O–H groups in total. The van der Waals surface area contributed by atoms with Gasteiger partial charge in [-0.2, -0.15) is 0 Å². The first-order valence-corrected chi connectivity index (χ1v) is 15.9. The number of fused-ring (bicyclic) bond motifs is 1. The normalized spacial score (nSPS) is 24.1. The minimum atomic E-state index is -1.29. The Morgan fingerprint density at radius 3 is 2.14 bits per heavy atom. The van der Waals surface area contributed by atoms with E-state index < -0.39 is 59.9 Å². The molecular weight excluding hydrogens is 556 g/mol. The maximum Gasteiger partial charge on any atom is 0.408 e. The zero-order valence-corrected chi connectivity index (χ0v) is 26.1. The van der Waals surface area contributed by atoms with E-state index in [0.29, 0.717) is 19.4 Å². The summed E-state index contributed by atoms with van der Waals surface area (Å²) in [6, 6.07) is -2.87. The van der Waals surface area contributed by atoms with Crippen molar-refractivity contribution in [3.8, 4) is 0 Å². The molecule has 2 saturated carbocycles. The molecule has 0 aromatic carbocycles. The Morgan fingerprint density at radius 2 is 1.53 bits per heavy atom. The van der Waals surface area contributed by atoms with Crippen LogP contribution in [0.15, 0.2) is 0 Å². The maximum absolute atomic E-state index is 14.4. The van der Waals surface area contributed by atoms with Crippen molar-refractivity contribution >= 4 is 35.6 Å². The lowest BCUT2D eigenvalue weighted by molar-refractivity contribution is -0.150. The number of ketones is 1. The number of nitrogens with one attached hydrogen (secondary N) is 3. The van der Waals surface area contributed by atoms with E-state index in [0.717, 1.165) is 57.8 Å². The third-order valence-corrected chi connectivity index (χ3v) is 8.88. The van der Waals surface area contributed by atoms with Gasteiger partial charge in [0.1, 0.15) is 24.2 Å². The van der Waals surface area contributed by atoms with Crippen molar-refractivity contribution in [2.45, 2.75) is 128 Å². The number of hydrogen-bond donors (Lipinski definition) is 4. The number of hydrogen-bond acceptors (Lipinski definition) is 7. The molecule has 3 fully saturated rings. The second kappa shape index (κ2) is 15.5. The van der Waals surface area contributed by atoms with Crippen LogP contribution in [0.5, 0.6) is 0 Å². The Morgan fingerprint density at radius 1 is 0.907 bits per heavy atom. The summed E-state index contributed by atoms with van der Waals surface area (Å²) in [6.07, 6.45) is 8.97. The maximum atomic E-state index is 14.4. The fourth-order valence-corrected chi connectivity index (χ4v) is 6.81. The van der Waals surface area contributed by atoms with Gasteiger partial charge in [0.05, 0.1) is 6.04 Å². The molecule has 0 spiro atoms. The molecule has 1 saturated heterocycles. The number of Topliss-reactive ketones (excluding diaryl/α,β-unsaturated/α-hetero) is 1. The first-order chi connectivity index (χ1) is 20.3. The number of carbonyl (C=O) groups is 6. The van der Waals surface area contributed by atoms with Crippen LogP contribution >= 0.6 is 0 Å². The first-order valence-electron chi connectivity index (χ1n) is 15.9. The van der Waals surface area contributed by atoms with Crippen molar-refractivity contribution in [3.63, 3.8) is 0 Å². The molecule has 5 atom stereocenters. The van der Waals surface area contributed by atoms with Crippen LogP contribution in [0.2, 0.25) is 0 Å². The van der Waals surface area contributed by atoms with Gasteiger partial charge in [0.25, 0.3) is 5.91 Å². The van der Waals surface area contributed by atoms with E-state index in [4.69, 9.17) is 9.84 Å². The Bertz CT molecular complexity index is 1040. The molecule has 12 nitrogen and oxygen atoms in total. The Hall–Kier alpha value is -3.18. The zero-order valence-electron chi connectivity index (χ0n) is 26.1. The summed E-state index contributed by atoms with van der Waals surface area (Å²) >= 11 is 0. The van der Waals surface area contributed by atoms with Crippen molar-refractivity contribution in [2.24, 2.45) is 17.8 Å². The number of piperidine rings is 1. The molecule has 12 heteroatoms. The topological polar surface area (TPSA) is 171 Å². The van der Waals surface area contributed by atoms with E-state index in [1.54, 1.807) is 25.7 Å². The molecule has 4 amide bonds. The van der Waals surface area contributed by atoms with Crippen molar-refractivity contribution in [2.75, 3.05) is 13.1 Å². The third kappa shape index (κ3) is 9.92. The van der Waals surface area contributed by atoms with Crippen LogP contribution in [0.4, 0.5) is 4.79 Å². The molecule has 1 heterocycles. The zero-order chi connectivity index (χ0) is 31.7. The third-order valence-electron chi connectivity index (χ3n) is 8.88. The smallest absolute Gasteiger partial charge is 0.408 e. The van der Waals surface area contributed by atoms with Gasteiger partial charge in [-0.1, -0.05) is 51.9 Å². The number of carboxylic acid groups (broad SMARTS) is 1. The quantitative estimate of drug-likeness (QED) is 0.260. The fraction of sp³-hybridized carbons (Fsp3) is 0.806. The summed E-state index contributed by atoms with van der Waals surface area (Å²) in [7, 11) is 0. The molecule has 3 aliphatic rings. The van der Waals surface area contributed by atoms with Gasteiger partial charge in [0.2, 0.25) is 17.6 Å². The van der Waals surface area contributed by atoms with Gasteiger partial charge in [-0.3, -0.25) is 24.0 Å². The Labute approximate surface area is 254 Å². The molecule has 2 aliphatic carbocycles.